The lowest BCUT2D eigenvalue weighted by Gasteiger charge is -2.20. The number of ether oxygens (including phenoxy) is 1. The maximum absolute atomic E-state index is 10.1. The van der Waals surface area contributed by atoms with Gasteiger partial charge in [-0.2, -0.15) is 0 Å². The normalized spacial score (nSPS) is 14.7. The maximum atomic E-state index is 10.1. The summed E-state index contributed by atoms with van der Waals surface area (Å²) in [7, 11) is 0. The van der Waals surface area contributed by atoms with Gasteiger partial charge in [-0.15, -0.1) is 0 Å². The van der Waals surface area contributed by atoms with Gasteiger partial charge in [0.05, 0.1) is 24.9 Å². The van der Waals surface area contributed by atoms with Crippen molar-refractivity contribution in [1.29, 1.82) is 0 Å². The van der Waals surface area contributed by atoms with Crippen LogP contribution in [0.3, 0.4) is 0 Å². The van der Waals surface area contributed by atoms with E-state index in [1.54, 1.807) is 36.4 Å². The molecule has 0 saturated carbocycles. The van der Waals surface area contributed by atoms with Crippen molar-refractivity contribution in [1.82, 2.24) is 0 Å². The second kappa shape index (κ2) is 10.1. The average Bonchev–Trinajstić information content (AvgIpc) is 2.59. The topological polar surface area (TPSA) is 90.2 Å². The number of halogens is 2. The molecule has 0 aromatic heterocycles. The SMILES string of the molecule is OCC(O)CC(O)C(O)Cc1cccc(OCc2cc(Cl)cc(Cl)c2)c1. The molecule has 2 aromatic rings. The maximum Gasteiger partial charge on any atom is 0.120 e. The van der Waals surface area contributed by atoms with E-state index in [0.717, 1.165) is 11.1 Å². The molecule has 26 heavy (non-hydrogen) atoms. The van der Waals surface area contributed by atoms with Crippen molar-refractivity contribution in [3.8, 4) is 5.75 Å². The summed E-state index contributed by atoms with van der Waals surface area (Å²) in [5.74, 6) is 0.607. The van der Waals surface area contributed by atoms with E-state index in [9.17, 15) is 15.3 Å². The van der Waals surface area contributed by atoms with E-state index >= 15 is 0 Å². The highest BCUT2D eigenvalue weighted by atomic mass is 35.5. The molecule has 0 aliphatic carbocycles. The molecule has 3 atom stereocenters. The Morgan fingerprint density at radius 1 is 0.885 bits per heavy atom. The molecule has 0 fully saturated rings. The summed E-state index contributed by atoms with van der Waals surface area (Å²) in [5.41, 5.74) is 1.61. The van der Waals surface area contributed by atoms with Crippen molar-refractivity contribution in [2.24, 2.45) is 0 Å². The van der Waals surface area contributed by atoms with E-state index in [0.29, 0.717) is 15.8 Å². The van der Waals surface area contributed by atoms with Crippen LogP contribution in [0.2, 0.25) is 10.0 Å². The zero-order valence-electron chi connectivity index (χ0n) is 14.1. The molecule has 3 unspecified atom stereocenters. The van der Waals surface area contributed by atoms with E-state index in [1.165, 1.54) is 0 Å². The second-order valence-electron chi connectivity index (χ2n) is 6.12. The Hall–Kier alpha value is -1.34. The summed E-state index contributed by atoms with van der Waals surface area (Å²) in [5, 5.41) is 39.2. The van der Waals surface area contributed by atoms with Crippen LogP contribution < -0.4 is 4.74 Å². The summed E-state index contributed by atoms with van der Waals surface area (Å²) >= 11 is 11.9. The predicted molar refractivity (Wildman–Crippen MR) is 101 cm³/mol. The molecular weight excluding hydrogens is 379 g/mol. The number of aliphatic hydroxyl groups is 4. The molecule has 0 saturated heterocycles. The second-order valence-corrected chi connectivity index (χ2v) is 7.00. The first-order valence-corrected chi connectivity index (χ1v) is 8.94. The molecular formula is C19H22Cl2O5. The summed E-state index contributed by atoms with van der Waals surface area (Å²) in [6.45, 7) is -0.168. The van der Waals surface area contributed by atoms with Crippen LogP contribution in [0.25, 0.3) is 0 Å². The van der Waals surface area contributed by atoms with E-state index in [2.05, 4.69) is 0 Å². The van der Waals surface area contributed by atoms with Gasteiger partial charge in [0.1, 0.15) is 12.4 Å². The smallest absolute Gasteiger partial charge is 0.120 e. The van der Waals surface area contributed by atoms with Crippen molar-refractivity contribution in [2.45, 2.75) is 37.8 Å². The Labute approximate surface area is 162 Å². The first kappa shape index (κ1) is 21.0. The van der Waals surface area contributed by atoms with Crippen LogP contribution in [0.1, 0.15) is 17.5 Å². The first-order valence-electron chi connectivity index (χ1n) is 8.19. The molecule has 0 bridgehead atoms. The third-order valence-corrected chi connectivity index (χ3v) is 4.28. The highest BCUT2D eigenvalue weighted by Crippen LogP contribution is 2.22. The number of hydrogen-bond donors (Lipinski definition) is 4. The zero-order chi connectivity index (χ0) is 19.1. The molecule has 0 spiro atoms. The largest absolute Gasteiger partial charge is 0.489 e. The van der Waals surface area contributed by atoms with E-state index in [4.69, 9.17) is 33.0 Å². The minimum atomic E-state index is -1.13. The highest BCUT2D eigenvalue weighted by Gasteiger charge is 2.20. The third-order valence-electron chi connectivity index (χ3n) is 3.84. The van der Waals surface area contributed by atoms with Crippen molar-refractivity contribution in [2.75, 3.05) is 6.61 Å². The lowest BCUT2D eigenvalue weighted by atomic mass is 10.00. The molecule has 2 aromatic carbocycles. The number of aliphatic hydroxyl groups excluding tert-OH is 4. The van der Waals surface area contributed by atoms with E-state index in [1.807, 2.05) is 6.07 Å². The lowest BCUT2D eigenvalue weighted by Crippen LogP contribution is -2.32. The number of hydrogen-bond acceptors (Lipinski definition) is 5. The molecule has 0 aliphatic rings. The summed E-state index contributed by atoms with van der Waals surface area (Å²) in [6, 6.07) is 12.3. The first-order chi connectivity index (χ1) is 12.4. The Balaban J connectivity index is 1.94. The fourth-order valence-electron chi connectivity index (χ4n) is 2.51. The lowest BCUT2D eigenvalue weighted by molar-refractivity contribution is -0.0228. The van der Waals surface area contributed by atoms with Crippen LogP contribution in [0, 0.1) is 0 Å². The molecule has 5 nitrogen and oxygen atoms in total. The molecule has 142 valence electrons. The van der Waals surface area contributed by atoms with Crippen LogP contribution in [0.5, 0.6) is 5.75 Å². The minimum absolute atomic E-state index is 0.0939. The van der Waals surface area contributed by atoms with Gasteiger partial charge in [-0.05, 0) is 41.5 Å². The molecule has 7 heteroatoms. The van der Waals surface area contributed by atoms with Gasteiger partial charge in [-0.25, -0.2) is 0 Å². The number of rotatable bonds is 9. The Morgan fingerprint density at radius 3 is 2.23 bits per heavy atom. The van der Waals surface area contributed by atoms with Crippen LogP contribution >= 0.6 is 23.2 Å². The fourth-order valence-corrected chi connectivity index (χ4v) is 3.08. The Morgan fingerprint density at radius 2 is 1.58 bits per heavy atom. The summed E-state index contributed by atoms with van der Waals surface area (Å²) in [4.78, 5) is 0. The predicted octanol–water partition coefficient (Wildman–Crippen LogP) is 2.58. The van der Waals surface area contributed by atoms with Crippen molar-refractivity contribution in [3.63, 3.8) is 0 Å². The Bertz CT molecular complexity index is 690. The monoisotopic (exact) mass is 400 g/mol. The molecule has 0 heterocycles. The molecule has 0 amide bonds. The van der Waals surface area contributed by atoms with Crippen LogP contribution in [-0.2, 0) is 13.0 Å². The van der Waals surface area contributed by atoms with Gasteiger partial charge in [0.25, 0.3) is 0 Å². The van der Waals surface area contributed by atoms with Gasteiger partial charge in [-0.1, -0.05) is 35.3 Å². The highest BCUT2D eigenvalue weighted by molar-refractivity contribution is 6.34. The molecule has 0 aliphatic heterocycles. The number of benzene rings is 2. The average molecular weight is 401 g/mol. The van der Waals surface area contributed by atoms with Gasteiger partial charge in [-0.3, -0.25) is 0 Å². The van der Waals surface area contributed by atoms with Crippen LogP contribution in [0.15, 0.2) is 42.5 Å². The van der Waals surface area contributed by atoms with E-state index < -0.39 is 24.9 Å². The van der Waals surface area contributed by atoms with Crippen LogP contribution in [0.4, 0.5) is 0 Å². The minimum Gasteiger partial charge on any atom is -0.489 e. The summed E-state index contributed by atoms with van der Waals surface area (Å²) < 4.78 is 5.73. The molecule has 4 N–H and O–H groups in total. The fraction of sp³-hybridized carbons (Fsp3) is 0.368. The van der Waals surface area contributed by atoms with Crippen molar-refractivity contribution < 1.29 is 25.2 Å². The van der Waals surface area contributed by atoms with Crippen molar-refractivity contribution in [3.05, 3.63) is 63.6 Å². The van der Waals surface area contributed by atoms with Gasteiger partial charge < -0.3 is 25.2 Å². The van der Waals surface area contributed by atoms with Crippen molar-refractivity contribution >= 4 is 23.2 Å². The molecule has 0 radical (unpaired) electrons. The van der Waals surface area contributed by atoms with Crippen LogP contribution in [-0.4, -0.2) is 45.3 Å². The summed E-state index contributed by atoms with van der Waals surface area (Å²) in [6.07, 6.45) is -3.14. The van der Waals surface area contributed by atoms with Gasteiger partial charge in [0, 0.05) is 22.9 Å². The van der Waals surface area contributed by atoms with Gasteiger partial charge in [0.15, 0.2) is 0 Å². The Kier molecular flexibility index (Phi) is 8.15. The van der Waals surface area contributed by atoms with Gasteiger partial charge >= 0.3 is 0 Å². The standard InChI is InChI=1S/C19H22Cl2O5/c20-14-4-13(5-15(21)8-14)11-26-17-3-1-2-12(6-17)7-18(24)19(25)9-16(23)10-22/h1-6,8,16,18-19,22-25H,7,9-11H2. The molecule has 2 rings (SSSR count). The quantitative estimate of drug-likeness (QED) is 0.519. The van der Waals surface area contributed by atoms with E-state index in [-0.39, 0.29) is 19.4 Å². The third kappa shape index (κ3) is 6.76. The zero-order valence-corrected chi connectivity index (χ0v) is 15.6. The van der Waals surface area contributed by atoms with Gasteiger partial charge in [0.2, 0.25) is 0 Å².